The molecule has 44 heavy (non-hydrogen) atoms. The second-order valence-corrected chi connectivity index (χ2v) is 12.6. The van der Waals surface area contributed by atoms with E-state index in [9.17, 15) is 0 Å². The molecule has 0 N–H and O–H groups in total. The first-order valence-corrected chi connectivity index (χ1v) is 15.3. The Morgan fingerprint density at radius 1 is 0.432 bits per heavy atom. The topological polar surface area (TPSA) is 21.9 Å². The van der Waals surface area contributed by atoms with Gasteiger partial charge in [0.2, 0.25) is 5.54 Å². The summed E-state index contributed by atoms with van der Waals surface area (Å²) >= 11 is 0. The molecule has 1 spiro atoms. The molecule has 1 atom stereocenters. The van der Waals surface area contributed by atoms with E-state index in [1.54, 1.807) is 0 Å². The summed E-state index contributed by atoms with van der Waals surface area (Å²) in [5, 5.41) is 12.8. The zero-order valence-corrected chi connectivity index (χ0v) is 23.3. The lowest BCUT2D eigenvalue weighted by Gasteiger charge is -2.30. The molecule has 0 saturated carbocycles. The number of hydrogen-bond donors (Lipinski definition) is 0. The van der Waals surface area contributed by atoms with Crippen molar-refractivity contribution >= 4 is 76.1 Å². The molecule has 8 heterocycles. The van der Waals surface area contributed by atoms with E-state index in [0.29, 0.717) is 0 Å². The van der Waals surface area contributed by atoms with Crippen molar-refractivity contribution in [2.75, 3.05) is 0 Å². The van der Waals surface area contributed by atoms with Crippen LogP contribution in [0, 0.1) is 0 Å². The number of ether oxygens (including phenoxy) is 1. The second kappa shape index (κ2) is 6.38. The third kappa shape index (κ3) is 1.83. The summed E-state index contributed by atoms with van der Waals surface area (Å²) in [6.45, 7) is 0. The monoisotopic (exact) mass is 558 g/mol. The minimum atomic E-state index is -0.612. The molecule has 10 aromatic rings. The number of aromatic nitrogens is 3. The number of benzene rings is 5. The molecular formula is C40H20N3O+. The molecule has 5 aromatic heterocycles. The first kappa shape index (κ1) is 20.9. The predicted molar refractivity (Wildman–Crippen MR) is 175 cm³/mol. The molecule has 0 bridgehead atoms. The Morgan fingerprint density at radius 2 is 0.909 bits per heavy atom. The van der Waals surface area contributed by atoms with Crippen molar-refractivity contribution in [1.29, 1.82) is 0 Å². The molecule has 5 aromatic carbocycles. The Kier molecular flexibility index (Phi) is 3.04. The lowest BCUT2D eigenvalue weighted by Crippen LogP contribution is -2.58. The first-order chi connectivity index (χ1) is 21.9. The Bertz CT molecular complexity index is 2880. The third-order valence-electron chi connectivity index (χ3n) is 11.0. The van der Waals surface area contributed by atoms with Gasteiger partial charge in [-0.3, -0.25) is 0 Å². The molecule has 0 saturated heterocycles. The molecule has 4 heteroatoms. The Hall–Kier alpha value is -5.87. The van der Waals surface area contributed by atoms with E-state index in [-0.39, 0.29) is 0 Å². The maximum Gasteiger partial charge on any atom is 0.299 e. The van der Waals surface area contributed by atoms with Crippen LogP contribution in [0.3, 0.4) is 0 Å². The zero-order chi connectivity index (χ0) is 28.1. The maximum absolute atomic E-state index is 6.93. The highest BCUT2D eigenvalue weighted by Crippen LogP contribution is 2.61. The van der Waals surface area contributed by atoms with Crippen LogP contribution in [0.2, 0.25) is 0 Å². The fourth-order valence-electron chi connectivity index (χ4n) is 9.63. The summed E-state index contributed by atoms with van der Waals surface area (Å²) in [5.74, 6) is 1.82. The summed E-state index contributed by atoms with van der Waals surface area (Å²) in [6, 6.07) is 44.8. The van der Waals surface area contributed by atoms with Crippen molar-refractivity contribution in [1.82, 2.24) is 8.80 Å². The average Bonchev–Trinajstić information content (AvgIpc) is 3.79. The van der Waals surface area contributed by atoms with E-state index in [2.05, 4.69) is 135 Å². The van der Waals surface area contributed by atoms with Crippen LogP contribution in [0.25, 0.3) is 76.1 Å². The molecule has 13 rings (SSSR count). The van der Waals surface area contributed by atoms with Crippen LogP contribution in [-0.4, -0.2) is 8.80 Å². The van der Waals surface area contributed by atoms with Crippen molar-refractivity contribution in [3.8, 4) is 11.6 Å². The Morgan fingerprint density at radius 3 is 1.57 bits per heavy atom. The third-order valence-corrected chi connectivity index (χ3v) is 11.0. The number of nitrogens with zero attached hydrogens (tertiary/aromatic N) is 3. The average molecular weight is 559 g/mol. The fourth-order valence-corrected chi connectivity index (χ4v) is 9.63. The van der Waals surface area contributed by atoms with E-state index >= 15 is 0 Å². The van der Waals surface area contributed by atoms with E-state index in [0.717, 1.165) is 11.6 Å². The SMILES string of the molecule is c1ccc2c(c1)c1n3c4c5c(ccc4c4ccccc4c23)Oc2ccc3c4ccccc4c4c6ccccc6c6n4c3[n+]2C516. The second-order valence-electron chi connectivity index (χ2n) is 12.6. The lowest BCUT2D eigenvalue weighted by molar-refractivity contribution is -0.712. The van der Waals surface area contributed by atoms with Crippen LogP contribution in [0.4, 0.5) is 0 Å². The number of pyridine rings is 3. The number of hydrogen-bond acceptors (Lipinski definition) is 1. The van der Waals surface area contributed by atoms with Gasteiger partial charge in [0, 0.05) is 49.2 Å². The van der Waals surface area contributed by atoms with Crippen molar-refractivity contribution in [3.63, 3.8) is 0 Å². The molecule has 3 aliphatic heterocycles. The van der Waals surface area contributed by atoms with Crippen molar-refractivity contribution in [3.05, 3.63) is 138 Å². The van der Waals surface area contributed by atoms with Gasteiger partial charge in [-0.15, -0.1) is 0 Å². The van der Waals surface area contributed by atoms with Crippen molar-refractivity contribution < 1.29 is 9.30 Å². The molecule has 0 fully saturated rings. The highest BCUT2D eigenvalue weighted by Gasteiger charge is 2.64. The van der Waals surface area contributed by atoms with Gasteiger partial charge in [-0.25, -0.2) is 0 Å². The molecule has 0 amide bonds. The van der Waals surface area contributed by atoms with Crippen LogP contribution in [0.5, 0.6) is 11.6 Å². The highest BCUT2D eigenvalue weighted by atomic mass is 16.5. The van der Waals surface area contributed by atoms with Gasteiger partial charge in [-0.2, -0.15) is 8.97 Å². The number of fused-ring (bicyclic) bond motifs is 12. The van der Waals surface area contributed by atoms with Gasteiger partial charge < -0.3 is 9.14 Å². The van der Waals surface area contributed by atoms with E-state index in [1.807, 2.05) is 0 Å². The normalized spacial score (nSPS) is 17.4. The molecule has 0 aliphatic carbocycles. The lowest BCUT2D eigenvalue weighted by atomic mass is 9.80. The summed E-state index contributed by atoms with van der Waals surface area (Å²) < 4.78 is 14.7. The summed E-state index contributed by atoms with van der Waals surface area (Å²) in [5.41, 5.74) is 8.28. The maximum atomic E-state index is 6.93. The molecular weight excluding hydrogens is 538 g/mol. The summed E-state index contributed by atoms with van der Waals surface area (Å²) in [6.07, 6.45) is 0. The predicted octanol–water partition coefficient (Wildman–Crippen LogP) is 8.97. The van der Waals surface area contributed by atoms with Gasteiger partial charge in [0.15, 0.2) is 5.69 Å². The van der Waals surface area contributed by atoms with Crippen LogP contribution >= 0.6 is 0 Å². The molecule has 200 valence electrons. The van der Waals surface area contributed by atoms with Crippen LogP contribution in [0.15, 0.2) is 121 Å². The Labute approximate surface area is 249 Å². The Balaban J connectivity index is 1.45. The highest BCUT2D eigenvalue weighted by molar-refractivity contribution is 6.24. The van der Waals surface area contributed by atoms with Gasteiger partial charge in [0.1, 0.15) is 11.3 Å². The van der Waals surface area contributed by atoms with Gasteiger partial charge >= 0.3 is 0 Å². The van der Waals surface area contributed by atoms with Crippen molar-refractivity contribution in [2.45, 2.75) is 5.54 Å². The molecule has 1 unspecified atom stereocenters. The first-order valence-electron chi connectivity index (χ1n) is 15.3. The van der Waals surface area contributed by atoms with Crippen molar-refractivity contribution in [2.24, 2.45) is 0 Å². The fraction of sp³-hybridized carbons (Fsp3) is 0.0250. The largest absolute Gasteiger partial charge is 0.422 e. The van der Waals surface area contributed by atoms with Crippen LogP contribution in [-0.2, 0) is 5.54 Å². The van der Waals surface area contributed by atoms with Crippen LogP contribution in [0.1, 0.15) is 17.0 Å². The zero-order valence-electron chi connectivity index (χ0n) is 23.3. The standard InChI is InChI=1S/C40H20N3O/c1-3-11-23-21(9-1)27-17-19-31-33-36(27)41-34(23)25-13-5-7-15-28(25)37(41)40(33)38-29-16-8-6-14-26(29)35-24-12-4-2-10-22(24)30-18-20-32(44-31)43(40)39(30)42(35)38/h1-20H/q+1. The van der Waals surface area contributed by atoms with Crippen LogP contribution < -0.4 is 9.30 Å². The quantitative estimate of drug-likeness (QED) is 0.135. The summed E-state index contributed by atoms with van der Waals surface area (Å²) in [7, 11) is 0. The smallest absolute Gasteiger partial charge is 0.299 e. The van der Waals surface area contributed by atoms with Gasteiger partial charge in [0.05, 0.1) is 27.7 Å². The van der Waals surface area contributed by atoms with Gasteiger partial charge in [-0.1, -0.05) is 91.0 Å². The summed E-state index contributed by atoms with van der Waals surface area (Å²) in [4.78, 5) is 0. The molecule has 4 nitrogen and oxygen atoms in total. The number of rotatable bonds is 0. The van der Waals surface area contributed by atoms with E-state index in [4.69, 9.17) is 4.74 Å². The molecule has 3 aliphatic rings. The van der Waals surface area contributed by atoms with Gasteiger partial charge in [-0.05, 0) is 29.7 Å². The van der Waals surface area contributed by atoms with Gasteiger partial charge in [0.25, 0.3) is 11.5 Å². The van der Waals surface area contributed by atoms with E-state index in [1.165, 1.54) is 93.0 Å². The van der Waals surface area contributed by atoms with E-state index < -0.39 is 5.54 Å². The minimum Gasteiger partial charge on any atom is -0.422 e. The minimum absolute atomic E-state index is 0.612. The molecule has 0 radical (unpaired) electrons.